The van der Waals surface area contributed by atoms with Gasteiger partial charge in [0.25, 0.3) is 0 Å². The average molecular weight is 265 g/mol. The molecule has 0 radical (unpaired) electrons. The van der Waals surface area contributed by atoms with Crippen molar-refractivity contribution in [2.24, 2.45) is 0 Å². The Hall–Kier alpha value is -1.69. The molecule has 0 fully saturated rings. The molecule has 19 heavy (non-hydrogen) atoms. The minimum atomic E-state index is -0.253. The smallest absolute Gasteiger partial charge is 0.215 e. The van der Waals surface area contributed by atoms with Crippen LogP contribution in [0.1, 0.15) is 31.5 Å². The van der Waals surface area contributed by atoms with Gasteiger partial charge in [0.1, 0.15) is 0 Å². The summed E-state index contributed by atoms with van der Waals surface area (Å²) < 4.78 is 17.1. The first-order chi connectivity index (χ1) is 9.26. The Labute approximate surface area is 112 Å². The number of nitrogens with one attached hydrogen (secondary N) is 1. The van der Waals surface area contributed by atoms with E-state index in [2.05, 4.69) is 22.4 Å². The van der Waals surface area contributed by atoms with E-state index in [1.54, 1.807) is 12.4 Å². The van der Waals surface area contributed by atoms with E-state index in [0.29, 0.717) is 25.2 Å². The third kappa shape index (κ3) is 3.20. The van der Waals surface area contributed by atoms with Crippen LogP contribution in [0, 0.1) is 5.95 Å². The molecule has 0 aliphatic rings. The molecule has 0 aliphatic carbocycles. The first-order valence-corrected chi connectivity index (χ1v) is 6.67. The molecule has 0 spiro atoms. The predicted octanol–water partition coefficient (Wildman–Crippen LogP) is 1.94. The normalized spacial score (nSPS) is 11.1. The van der Waals surface area contributed by atoms with E-state index in [9.17, 15) is 4.39 Å². The standard InChI is InChI=1S/C13H20FN5/c1-3-7-19-12(5-6-16-19)10-15-8-11-9-17-18(4-2)13(11)14/h5-6,9,15H,3-4,7-8,10H2,1-2H3. The van der Waals surface area contributed by atoms with Gasteiger partial charge in [0, 0.05) is 37.9 Å². The number of hydrogen-bond acceptors (Lipinski definition) is 3. The van der Waals surface area contributed by atoms with Gasteiger partial charge in [-0.15, -0.1) is 0 Å². The van der Waals surface area contributed by atoms with E-state index >= 15 is 0 Å². The Morgan fingerprint density at radius 1 is 1.21 bits per heavy atom. The molecule has 0 amide bonds. The summed E-state index contributed by atoms with van der Waals surface area (Å²) in [6.07, 6.45) is 4.42. The molecule has 0 atom stereocenters. The molecule has 2 aromatic heterocycles. The molecule has 2 heterocycles. The van der Waals surface area contributed by atoms with Gasteiger partial charge in [-0.2, -0.15) is 14.6 Å². The van der Waals surface area contributed by atoms with Crippen LogP contribution < -0.4 is 5.32 Å². The number of nitrogens with zero attached hydrogens (tertiary/aromatic N) is 4. The Balaban J connectivity index is 1.89. The van der Waals surface area contributed by atoms with Gasteiger partial charge < -0.3 is 5.32 Å². The summed E-state index contributed by atoms with van der Waals surface area (Å²) in [4.78, 5) is 0. The molecule has 5 nitrogen and oxygen atoms in total. The van der Waals surface area contributed by atoms with Gasteiger partial charge in [-0.1, -0.05) is 6.92 Å². The molecule has 0 saturated carbocycles. The number of hydrogen-bond donors (Lipinski definition) is 1. The number of aryl methyl sites for hydroxylation is 2. The topological polar surface area (TPSA) is 47.7 Å². The average Bonchev–Trinajstić information content (AvgIpc) is 2.98. The van der Waals surface area contributed by atoms with Crippen molar-refractivity contribution in [3.05, 3.63) is 35.7 Å². The molecular weight excluding hydrogens is 245 g/mol. The number of rotatable bonds is 7. The van der Waals surface area contributed by atoms with Crippen molar-refractivity contribution in [1.82, 2.24) is 24.9 Å². The van der Waals surface area contributed by atoms with Crippen LogP contribution in [0.5, 0.6) is 0 Å². The highest BCUT2D eigenvalue weighted by atomic mass is 19.1. The Morgan fingerprint density at radius 3 is 2.74 bits per heavy atom. The fourth-order valence-electron chi connectivity index (χ4n) is 2.00. The fourth-order valence-corrected chi connectivity index (χ4v) is 2.00. The molecule has 2 rings (SSSR count). The van der Waals surface area contributed by atoms with E-state index in [1.807, 2.05) is 17.7 Å². The molecule has 0 bridgehead atoms. The van der Waals surface area contributed by atoms with E-state index in [-0.39, 0.29) is 5.95 Å². The van der Waals surface area contributed by atoms with Gasteiger partial charge in [0.15, 0.2) is 0 Å². The molecule has 0 aliphatic heterocycles. The molecule has 6 heteroatoms. The second-order valence-electron chi connectivity index (χ2n) is 4.43. The molecule has 0 saturated heterocycles. The van der Waals surface area contributed by atoms with Crippen LogP contribution in [-0.2, 0) is 26.2 Å². The summed E-state index contributed by atoms with van der Waals surface area (Å²) in [6.45, 7) is 6.60. The van der Waals surface area contributed by atoms with Gasteiger partial charge in [0.05, 0.1) is 11.9 Å². The number of halogens is 1. The van der Waals surface area contributed by atoms with Crippen molar-refractivity contribution in [2.75, 3.05) is 0 Å². The highest BCUT2D eigenvalue weighted by Gasteiger charge is 2.09. The van der Waals surface area contributed by atoms with Crippen LogP contribution in [0.4, 0.5) is 4.39 Å². The summed E-state index contributed by atoms with van der Waals surface area (Å²) in [6, 6.07) is 1.98. The maximum absolute atomic E-state index is 13.7. The third-order valence-corrected chi connectivity index (χ3v) is 3.01. The lowest BCUT2D eigenvalue weighted by Gasteiger charge is -2.07. The zero-order chi connectivity index (χ0) is 13.7. The van der Waals surface area contributed by atoms with E-state index < -0.39 is 0 Å². The second-order valence-corrected chi connectivity index (χ2v) is 4.43. The SMILES string of the molecule is CCCn1nccc1CNCc1cnn(CC)c1F. The van der Waals surface area contributed by atoms with Crippen molar-refractivity contribution in [2.45, 2.75) is 46.4 Å². The summed E-state index contributed by atoms with van der Waals surface area (Å²) in [7, 11) is 0. The molecule has 2 aromatic rings. The molecular formula is C13H20FN5. The van der Waals surface area contributed by atoms with Crippen LogP contribution >= 0.6 is 0 Å². The maximum Gasteiger partial charge on any atom is 0.215 e. The second kappa shape index (κ2) is 6.47. The van der Waals surface area contributed by atoms with Gasteiger partial charge in [-0.3, -0.25) is 4.68 Å². The summed E-state index contributed by atoms with van der Waals surface area (Å²) in [5.41, 5.74) is 1.72. The zero-order valence-electron chi connectivity index (χ0n) is 11.4. The highest BCUT2D eigenvalue weighted by molar-refractivity contribution is 5.07. The molecule has 0 unspecified atom stereocenters. The summed E-state index contributed by atoms with van der Waals surface area (Å²) in [5, 5.41) is 11.5. The summed E-state index contributed by atoms with van der Waals surface area (Å²) in [5.74, 6) is -0.253. The minimum absolute atomic E-state index is 0.253. The Kier molecular flexibility index (Phi) is 4.68. The van der Waals surface area contributed by atoms with Crippen molar-refractivity contribution < 1.29 is 4.39 Å². The number of aromatic nitrogens is 4. The molecule has 104 valence electrons. The zero-order valence-corrected chi connectivity index (χ0v) is 11.4. The van der Waals surface area contributed by atoms with Crippen molar-refractivity contribution in [1.29, 1.82) is 0 Å². The first kappa shape index (κ1) is 13.7. The Bertz CT molecular complexity index is 517. The Morgan fingerprint density at radius 2 is 2.05 bits per heavy atom. The van der Waals surface area contributed by atoms with Crippen molar-refractivity contribution >= 4 is 0 Å². The van der Waals surface area contributed by atoms with E-state index in [0.717, 1.165) is 18.7 Å². The van der Waals surface area contributed by atoms with Crippen LogP contribution in [-0.4, -0.2) is 19.6 Å². The van der Waals surface area contributed by atoms with Gasteiger partial charge >= 0.3 is 0 Å². The quantitative estimate of drug-likeness (QED) is 0.832. The van der Waals surface area contributed by atoms with Gasteiger partial charge in [-0.25, -0.2) is 4.68 Å². The maximum atomic E-state index is 13.7. The highest BCUT2D eigenvalue weighted by Crippen LogP contribution is 2.07. The fraction of sp³-hybridized carbons (Fsp3) is 0.538. The first-order valence-electron chi connectivity index (χ1n) is 6.67. The van der Waals surface area contributed by atoms with Gasteiger partial charge in [0.2, 0.25) is 5.95 Å². The van der Waals surface area contributed by atoms with Crippen LogP contribution in [0.3, 0.4) is 0 Å². The largest absolute Gasteiger partial charge is 0.307 e. The lowest BCUT2D eigenvalue weighted by atomic mass is 10.3. The van der Waals surface area contributed by atoms with Crippen LogP contribution in [0.25, 0.3) is 0 Å². The van der Waals surface area contributed by atoms with Crippen molar-refractivity contribution in [3.63, 3.8) is 0 Å². The lowest BCUT2D eigenvalue weighted by molar-refractivity contribution is 0.459. The van der Waals surface area contributed by atoms with Gasteiger partial charge in [-0.05, 0) is 19.4 Å². The molecule has 1 N–H and O–H groups in total. The lowest BCUT2D eigenvalue weighted by Crippen LogP contribution is -2.17. The predicted molar refractivity (Wildman–Crippen MR) is 70.9 cm³/mol. The molecule has 0 aromatic carbocycles. The van der Waals surface area contributed by atoms with Crippen LogP contribution in [0.2, 0.25) is 0 Å². The summed E-state index contributed by atoms with van der Waals surface area (Å²) >= 11 is 0. The van der Waals surface area contributed by atoms with Crippen LogP contribution in [0.15, 0.2) is 18.5 Å². The van der Waals surface area contributed by atoms with Crippen molar-refractivity contribution in [3.8, 4) is 0 Å². The third-order valence-electron chi connectivity index (χ3n) is 3.01. The minimum Gasteiger partial charge on any atom is -0.307 e. The monoisotopic (exact) mass is 265 g/mol. The van der Waals surface area contributed by atoms with E-state index in [1.165, 1.54) is 4.68 Å². The van der Waals surface area contributed by atoms with E-state index in [4.69, 9.17) is 0 Å².